The molecule has 12 heteroatoms. The fraction of sp³-hybridized carbons (Fsp3) is 0.194. The molecule has 2 heterocycles. The maximum absolute atomic E-state index is 13.5. The van der Waals surface area contributed by atoms with E-state index in [1.807, 2.05) is 37.3 Å². The Morgan fingerprint density at radius 3 is 2.46 bits per heavy atom. The van der Waals surface area contributed by atoms with E-state index in [4.69, 9.17) is 4.74 Å². The molecule has 3 aromatic carbocycles. The maximum Gasteiger partial charge on any atom is 0.341 e. The molecule has 1 aromatic heterocycles. The largest absolute Gasteiger partial charge is 0.465 e. The van der Waals surface area contributed by atoms with Crippen LogP contribution in [0.5, 0.6) is 0 Å². The van der Waals surface area contributed by atoms with Crippen LogP contribution in [0.4, 0.5) is 10.7 Å². The van der Waals surface area contributed by atoms with Gasteiger partial charge in [0.25, 0.3) is 11.8 Å². The number of ether oxygens (including phenoxy) is 1. The summed E-state index contributed by atoms with van der Waals surface area (Å²) in [4.78, 5) is 67.3. The van der Waals surface area contributed by atoms with Gasteiger partial charge in [-0.25, -0.2) is 4.79 Å². The van der Waals surface area contributed by atoms with E-state index < -0.39 is 17.8 Å². The van der Waals surface area contributed by atoms with Crippen molar-refractivity contribution in [2.45, 2.75) is 31.7 Å². The van der Waals surface area contributed by atoms with Gasteiger partial charge in [0, 0.05) is 34.5 Å². The summed E-state index contributed by atoms with van der Waals surface area (Å²) >= 11 is 2.53. The molecule has 0 radical (unpaired) electrons. The van der Waals surface area contributed by atoms with Crippen LogP contribution >= 0.6 is 23.1 Å². The zero-order valence-corrected chi connectivity index (χ0v) is 28.3. The molecule has 0 spiro atoms. The third-order valence-corrected chi connectivity index (χ3v) is 9.61. The number of carbonyl (C=O) groups excluding carboxylic acids is 5. The lowest BCUT2D eigenvalue weighted by Crippen LogP contribution is -2.33. The van der Waals surface area contributed by atoms with Crippen molar-refractivity contribution >= 4 is 69.5 Å². The highest BCUT2D eigenvalue weighted by molar-refractivity contribution is 8.00. The van der Waals surface area contributed by atoms with Crippen molar-refractivity contribution in [3.8, 4) is 0 Å². The Morgan fingerprint density at radius 1 is 0.958 bits per heavy atom. The van der Waals surface area contributed by atoms with Crippen LogP contribution in [0.3, 0.4) is 0 Å². The number of rotatable bonds is 10. The van der Waals surface area contributed by atoms with Crippen molar-refractivity contribution in [1.29, 1.82) is 0 Å². The monoisotopic (exact) mass is 682 g/mol. The summed E-state index contributed by atoms with van der Waals surface area (Å²) in [6, 6.07) is 23.2. The molecule has 0 unspecified atom stereocenters. The van der Waals surface area contributed by atoms with Crippen LogP contribution in [0, 0.1) is 6.92 Å². The van der Waals surface area contributed by atoms with Crippen LogP contribution < -0.4 is 16.0 Å². The van der Waals surface area contributed by atoms with Crippen LogP contribution in [0.25, 0.3) is 6.08 Å². The highest BCUT2D eigenvalue weighted by atomic mass is 32.2. The van der Waals surface area contributed by atoms with Gasteiger partial charge in [0.05, 0.1) is 25.0 Å². The molecular weight excluding hydrogens is 649 g/mol. The van der Waals surface area contributed by atoms with Gasteiger partial charge in [-0.15, -0.1) is 23.1 Å². The minimum atomic E-state index is -0.536. The number of nitrogens with zero attached hydrogens (tertiary/aromatic N) is 1. The zero-order chi connectivity index (χ0) is 34.2. The van der Waals surface area contributed by atoms with Gasteiger partial charge in [0.2, 0.25) is 11.8 Å². The lowest BCUT2D eigenvalue weighted by atomic mass is 10.0. The predicted octanol–water partition coefficient (Wildman–Crippen LogP) is 5.89. The Labute approximate surface area is 286 Å². The predicted molar refractivity (Wildman–Crippen MR) is 188 cm³/mol. The van der Waals surface area contributed by atoms with Gasteiger partial charge in [0.1, 0.15) is 10.7 Å². The van der Waals surface area contributed by atoms with E-state index in [9.17, 15) is 24.0 Å². The average Bonchev–Trinajstić information content (AvgIpc) is 3.44. The van der Waals surface area contributed by atoms with Gasteiger partial charge in [-0.2, -0.15) is 0 Å². The number of fused-ring (bicyclic) bond motifs is 1. The molecule has 0 bridgehead atoms. The fourth-order valence-electron chi connectivity index (χ4n) is 5.12. The second-order valence-corrected chi connectivity index (χ2v) is 13.2. The Kier molecular flexibility index (Phi) is 11.1. The molecule has 0 saturated carbocycles. The zero-order valence-electron chi connectivity index (χ0n) is 26.6. The SMILES string of the molecule is COC(=O)c1c(NC(=O)CSc2cccc(NC(=O)/C(=C\c3cccc(C)c3)NC(=O)c3ccccc3)c2)sc2c1CCN(C(C)=O)C2. The summed E-state index contributed by atoms with van der Waals surface area (Å²) in [6.45, 7) is 4.31. The summed E-state index contributed by atoms with van der Waals surface area (Å²) in [5, 5.41) is 8.85. The number of amides is 4. The second kappa shape index (κ2) is 15.6. The first-order chi connectivity index (χ1) is 23.1. The lowest BCUT2D eigenvalue weighted by molar-refractivity contribution is -0.129. The van der Waals surface area contributed by atoms with Gasteiger partial charge in [-0.1, -0.05) is 54.1 Å². The molecule has 1 aliphatic rings. The Balaban J connectivity index is 1.26. The van der Waals surface area contributed by atoms with Gasteiger partial charge in [0.15, 0.2) is 0 Å². The van der Waals surface area contributed by atoms with Crippen molar-refractivity contribution in [1.82, 2.24) is 10.2 Å². The number of esters is 1. The first-order valence-electron chi connectivity index (χ1n) is 15.1. The highest BCUT2D eigenvalue weighted by Crippen LogP contribution is 2.38. The van der Waals surface area contributed by atoms with Crippen molar-refractivity contribution in [3.63, 3.8) is 0 Å². The number of carbonyl (C=O) groups is 5. The van der Waals surface area contributed by atoms with E-state index >= 15 is 0 Å². The molecule has 3 N–H and O–H groups in total. The molecule has 10 nitrogen and oxygen atoms in total. The summed E-state index contributed by atoms with van der Waals surface area (Å²) in [5.74, 6) is -1.81. The van der Waals surface area contributed by atoms with E-state index in [0.717, 1.165) is 26.5 Å². The average molecular weight is 683 g/mol. The number of anilines is 2. The molecular formula is C36H34N4O6S2. The Bertz CT molecular complexity index is 1900. The number of thiophene rings is 1. The minimum Gasteiger partial charge on any atom is -0.465 e. The van der Waals surface area contributed by atoms with Crippen molar-refractivity contribution in [2.24, 2.45) is 0 Å². The number of nitrogens with one attached hydrogen (secondary N) is 3. The number of hydrogen-bond donors (Lipinski definition) is 3. The Morgan fingerprint density at radius 2 is 1.73 bits per heavy atom. The van der Waals surface area contributed by atoms with E-state index in [2.05, 4.69) is 16.0 Å². The smallest absolute Gasteiger partial charge is 0.341 e. The van der Waals surface area contributed by atoms with Gasteiger partial charge < -0.3 is 25.6 Å². The standard InChI is InChI=1S/C36H34N4O6S2/c1-22-9-7-10-24(17-22)18-29(38-33(43)25-11-5-4-6-12-25)34(44)37-26-13-8-14-27(19-26)47-21-31(42)39-35-32(36(45)46-3)28-15-16-40(23(2)41)20-30(28)48-35/h4-14,17-19H,15-16,20-21H2,1-3H3,(H,37,44)(H,38,43)(H,39,42)/b29-18+. The lowest BCUT2D eigenvalue weighted by Gasteiger charge is -2.25. The molecule has 4 amide bonds. The summed E-state index contributed by atoms with van der Waals surface area (Å²) in [5.41, 5.74) is 3.84. The van der Waals surface area contributed by atoms with E-state index in [1.165, 1.54) is 37.1 Å². The van der Waals surface area contributed by atoms with Crippen LogP contribution in [0.2, 0.25) is 0 Å². The molecule has 1 aliphatic heterocycles. The van der Waals surface area contributed by atoms with E-state index in [1.54, 1.807) is 59.5 Å². The molecule has 0 atom stereocenters. The third-order valence-electron chi connectivity index (χ3n) is 7.49. The normalized spacial score (nSPS) is 12.5. The van der Waals surface area contributed by atoms with Crippen LogP contribution in [-0.2, 0) is 32.1 Å². The molecule has 0 aliphatic carbocycles. The minimum absolute atomic E-state index is 0.0335. The van der Waals surface area contributed by atoms with Gasteiger partial charge >= 0.3 is 5.97 Å². The maximum atomic E-state index is 13.5. The number of methoxy groups -OCH3 is 1. The molecule has 4 aromatic rings. The quantitative estimate of drug-likeness (QED) is 0.108. The van der Waals surface area contributed by atoms with Crippen molar-refractivity contribution < 1.29 is 28.7 Å². The third kappa shape index (κ3) is 8.58. The Hall–Kier alpha value is -5.20. The van der Waals surface area contributed by atoms with Crippen LogP contribution in [-0.4, -0.2) is 53.9 Å². The van der Waals surface area contributed by atoms with Crippen molar-refractivity contribution in [3.05, 3.63) is 117 Å². The highest BCUT2D eigenvalue weighted by Gasteiger charge is 2.30. The molecule has 0 fully saturated rings. The summed E-state index contributed by atoms with van der Waals surface area (Å²) in [6.07, 6.45) is 2.12. The first kappa shape index (κ1) is 34.1. The number of aryl methyl sites for hydroxylation is 1. The van der Waals surface area contributed by atoms with E-state index in [-0.39, 0.29) is 23.3 Å². The van der Waals surface area contributed by atoms with Crippen molar-refractivity contribution in [2.75, 3.05) is 30.0 Å². The van der Waals surface area contributed by atoms with Crippen LogP contribution in [0.1, 0.15) is 49.2 Å². The van der Waals surface area contributed by atoms with E-state index in [0.29, 0.717) is 41.3 Å². The number of thioether (sulfide) groups is 1. The van der Waals surface area contributed by atoms with Gasteiger partial charge in [-0.3, -0.25) is 19.2 Å². The second-order valence-electron chi connectivity index (χ2n) is 11.0. The molecule has 5 rings (SSSR count). The topological polar surface area (TPSA) is 134 Å². The number of benzene rings is 3. The summed E-state index contributed by atoms with van der Waals surface area (Å²) in [7, 11) is 1.29. The fourth-order valence-corrected chi connectivity index (χ4v) is 7.14. The van der Waals surface area contributed by atoms with Crippen LogP contribution in [0.15, 0.2) is 89.5 Å². The number of hydrogen-bond acceptors (Lipinski definition) is 8. The molecule has 48 heavy (non-hydrogen) atoms. The first-order valence-corrected chi connectivity index (χ1v) is 16.9. The molecule has 0 saturated heterocycles. The summed E-state index contributed by atoms with van der Waals surface area (Å²) < 4.78 is 5.00. The molecule has 246 valence electrons. The van der Waals surface area contributed by atoms with Gasteiger partial charge in [-0.05, 0) is 60.9 Å².